The molecule has 3 rings (SSSR count). The Morgan fingerprint density at radius 3 is 2.75 bits per heavy atom. The molecule has 1 aromatic rings. The van der Waals surface area contributed by atoms with Crippen LogP contribution in [0.25, 0.3) is 0 Å². The van der Waals surface area contributed by atoms with Crippen LogP contribution in [-0.2, 0) is 6.42 Å². The first-order valence-electron chi connectivity index (χ1n) is 6.18. The van der Waals surface area contributed by atoms with Crippen LogP contribution in [0.3, 0.4) is 0 Å². The second kappa shape index (κ2) is 4.30. The van der Waals surface area contributed by atoms with Gasteiger partial charge in [0.05, 0.1) is 0 Å². The number of nitrogens with zero attached hydrogens (tertiary/aromatic N) is 2. The van der Waals surface area contributed by atoms with E-state index in [0.29, 0.717) is 6.04 Å². The molecule has 16 heavy (non-hydrogen) atoms. The third-order valence-electron chi connectivity index (χ3n) is 3.58. The Labute approximate surface area is 100 Å². The Balaban J connectivity index is 1.62. The van der Waals surface area contributed by atoms with Gasteiger partial charge in [-0.2, -0.15) is 4.37 Å². The van der Waals surface area contributed by atoms with E-state index in [0.717, 1.165) is 29.5 Å². The maximum atomic E-state index is 4.47. The molecule has 0 saturated carbocycles. The fraction of sp³-hybridized carbons (Fsp3) is 0.818. The van der Waals surface area contributed by atoms with Gasteiger partial charge in [0.25, 0.3) is 0 Å². The summed E-state index contributed by atoms with van der Waals surface area (Å²) in [7, 11) is 0. The molecule has 2 saturated heterocycles. The predicted octanol–water partition coefficient (Wildman–Crippen LogP) is 1.80. The van der Waals surface area contributed by atoms with Crippen LogP contribution in [0.15, 0.2) is 0 Å². The van der Waals surface area contributed by atoms with Crippen LogP contribution in [-0.4, -0.2) is 27.5 Å². The summed E-state index contributed by atoms with van der Waals surface area (Å²) in [5, 5.41) is 8.19. The van der Waals surface area contributed by atoms with E-state index in [9.17, 15) is 0 Å². The molecule has 0 amide bonds. The largest absolute Gasteiger partial charge is 0.357 e. The van der Waals surface area contributed by atoms with E-state index < -0.39 is 0 Å². The number of nitrogens with one attached hydrogen (secondary N) is 2. The lowest BCUT2D eigenvalue weighted by Crippen LogP contribution is -2.43. The van der Waals surface area contributed by atoms with Crippen molar-refractivity contribution >= 4 is 16.7 Å². The third kappa shape index (κ3) is 2.06. The molecule has 2 unspecified atom stereocenters. The van der Waals surface area contributed by atoms with E-state index in [2.05, 4.69) is 26.9 Å². The highest BCUT2D eigenvalue weighted by atomic mass is 32.1. The molecule has 2 bridgehead atoms. The normalized spacial score (nSPS) is 32.9. The van der Waals surface area contributed by atoms with Crippen LogP contribution in [0, 0.1) is 0 Å². The van der Waals surface area contributed by atoms with Crippen molar-refractivity contribution in [2.75, 3.05) is 5.32 Å². The van der Waals surface area contributed by atoms with E-state index in [1.165, 1.54) is 37.2 Å². The number of aromatic nitrogens is 2. The second-order valence-corrected chi connectivity index (χ2v) is 5.57. The Morgan fingerprint density at radius 1 is 1.38 bits per heavy atom. The molecule has 2 aliphatic heterocycles. The van der Waals surface area contributed by atoms with Crippen molar-refractivity contribution in [2.45, 2.75) is 57.2 Å². The highest BCUT2D eigenvalue weighted by Crippen LogP contribution is 2.29. The Bertz CT molecular complexity index is 353. The summed E-state index contributed by atoms with van der Waals surface area (Å²) in [6.45, 7) is 2.09. The van der Waals surface area contributed by atoms with E-state index in [1.807, 2.05) is 0 Å². The summed E-state index contributed by atoms with van der Waals surface area (Å²) < 4.78 is 4.31. The second-order valence-electron chi connectivity index (χ2n) is 4.82. The quantitative estimate of drug-likeness (QED) is 0.843. The standard InChI is InChI=1S/C11H18N4S/c1-2-10-14-11(16-15-10)13-9-5-7-3-4-8(6-9)12-7/h7-9,12H,2-6H2,1H3,(H,13,14,15). The Hall–Kier alpha value is -0.680. The van der Waals surface area contributed by atoms with Gasteiger partial charge in [-0.05, 0) is 25.7 Å². The summed E-state index contributed by atoms with van der Waals surface area (Å²) in [5.74, 6) is 0.962. The van der Waals surface area contributed by atoms with Gasteiger partial charge >= 0.3 is 0 Å². The van der Waals surface area contributed by atoms with Crippen molar-refractivity contribution in [3.8, 4) is 0 Å². The molecule has 0 aromatic carbocycles. The number of aryl methyl sites for hydroxylation is 1. The zero-order chi connectivity index (χ0) is 11.0. The minimum absolute atomic E-state index is 0.594. The molecule has 1 aromatic heterocycles. The van der Waals surface area contributed by atoms with E-state index >= 15 is 0 Å². The first-order valence-corrected chi connectivity index (χ1v) is 6.96. The maximum Gasteiger partial charge on any atom is 0.202 e. The average molecular weight is 238 g/mol. The zero-order valence-electron chi connectivity index (χ0n) is 9.57. The predicted molar refractivity (Wildman–Crippen MR) is 65.9 cm³/mol. The molecule has 2 aliphatic rings. The lowest BCUT2D eigenvalue weighted by molar-refractivity contribution is 0.378. The number of anilines is 1. The lowest BCUT2D eigenvalue weighted by atomic mass is 10.0. The fourth-order valence-electron chi connectivity index (χ4n) is 2.81. The summed E-state index contributed by atoms with van der Waals surface area (Å²) in [5.41, 5.74) is 0. The monoisotopic (exact) mass is 238 g/mol. The van der Waals surface area contributed by atoms with Crippen LogP contribution >= 0.6 is 11.5 Å². The molecule has 2 fully saturated rings. The minimum atomic E-state index is 0.594. The van der Waals surface area contributed by atoms with Gasteiger partial charge in [0.2, 0.25) is 5.13 Å². The van der Waals surface area contributed by atoms with Gasteiger partial charge in [-0.15, -0.1) is 0 Å². The van der Waals surface area contributed by atoms with E-state index in [1.54, 1.807) is 0 Å². The fourth-order valence-corrected chi connectivity index (χ4v) is 3.53. The van der Waals surface area contributed by atoms with Crippen LogP contribution in [0.1, 0.15) is 38.4 Å². The molecule has 3 heterocycles. The van der Waals surface area contributed by atoms with Crippen molar-refractivity contribution in [2.24, 2.45) is 0 Å². The highest BCUT2D eigenvalue weighted by Gasteiger charge is 2.33. The molecule has 0 spiro atoms. The smallest absolute Gasteiger partial charge is 0.202 e. The molecule has 5 heteroatoms. The van der Waals surface area contributed by atoms with Gasteiger partial charge in [-0.1, -0.05) is 6.92 Å². The van der Waals surface area contributed by atoms with Gasteiger partial charge in [0.1, 0.15) is 5.82 Å². The van der Waals surface area contributed by atoms with Crippen LogP contribution in [0.4, 0.5) is 5.13 Å². The molecule has 2 atom stereocenters. The summed E-state index contributed by atoms with van der Waals surface area (Å²) in [6.07, 6.45) is 6.09. The van der Waals surface area contributed by atoms with E-state index in [4.69, 9.17) is 0 Å². The van der Waals surface area contributed by atoms with Gasteiger partial charge in [0.15, 0.2) is 0 Å². The Morgan fingerprint density at radius 2 is 2.12 bits per heavy atom. The molecular weight excluding hydrogens is 220 g/mol. The number of rotatable bonds is 3. The topological polar surface area (TPSA) is 49.8 Å². The van der Waals surface area contributed by atoms with Gasteiger partial charge in [0, 0.05) is 36.1 Å². The summed E-state index contributed by atoms with van der Waals surface area (Å²) in [4.78, 5) is 4.47. The maximum absolute atomic E-state index is 4.47. The molecular formula is C11H18N4S. The van der Waals surface area contributed by atoms with Crippen LogP contribution in [0.5, 0.6) is 0 Å². The van der Waals surface area contributed by atoms with Crippen LogP contribution in [0.2, 0.25) is 0 Å². The summed E-state index contributed by atoms with van der Waals surface area (Å²) >= 11 is 1.50. The van der Waals surface area contributed by atoms with Crippen molar-refractivity contribution in [3.05, 3.63) is 5.82 Å². The lowest BCUT2D eigenvalue weighted by Gasteiger charge is -2.29. The van der Waals surface area contributed by atoms with Gasteiger partial charge in [-0.25, -0.2) is 4.98 Å². The molecule has 0 aliphatic carbocycles. The Kier molecular flexibility index (Phi) is 2.81. The minimum Gasteiger partial charge on any atom is -0.357 e. The van der Waals surface area contributed by atoms with Crippen molar-refractivity contribution in [3.63, 3.8) is 0 Å². The number of hydrogen-bond donors (Lipinski definition) is 2. The van der Waals surface area contributed by atoms with Crippen molar-refractivity contribution in [1.82, 2.24) is 14.7 Å². The van der Waals surface area contributed by atoms with Crippen LogP contribution < -0.4 is 10.6 Å². The van der Waals surface area contributed by atoms with E-state index in [-0.39, 0.29) is 0 Å². The van der Waals surface area contributed by atoms with Gasteiger partial charge in [-0.3, -0.25) is 0 Å². The zero-order valence-corrected chi connectivity index (χ0v) is 10.4. The first kappa shape index (κ1) is 10.5. The molecule has 0 radical (unpaired) electrons. The molecule has 88 valence electrons. The summed E-state index contributed by atoms with van der Waals surface area (Å²) in [6, 6.07) is 2.06. The number of hydrogen-bond acceptors (Lipinski definition) is 5. The highest BCUT2D eigenvalue weighted by molar-refractivity contribution is 7.09. The average Bonchev–Trinajstić information content (AvgIpc) is 2.86. The first-order chi connectivity index (χ1) is 7.83. The molecule has 4 nitrogen and oxygen atoms in total. The van der Waals surface area contributed by atoms with Crippen molar-refractivity contribution < 1.29 is 0 Å². The van der Waals surface area contributed by atoms with Gasteiger partial charge < -0.3 is 10.6 Å². The third-order valence-corrected chi connectivity index (χ3v) is 4.27. The molecule has 2 N–H and O–H groups in total. The van der Waals surface area contributed by atoms with Crippen molar-refractivity contribution in [1.29, 1.82) is 0 Å². The SMILES string of the molecule is CCc1nsc(NC2CC3CCC(C2)N3)n1. The number of fused-ring (bicyclic) bond motifs is 2. The number of piperidine rings is 1.